The molecule has 0 aromatic rings. The van der Waals surface area contributed by atoms with E-state index in [4.69, 9.17) is 9.47 Å². The Labute approximate surface area is 143 Å². The van der Waals surface area contributed by atoms with Gasteiger partial charge in [0.2, 0.25) is 11.8 Å². The summed E-state index contributed by atoms with van der Waals surface area (Å²) in [7, 11) is 1.60. The van der Waals surface area contributed by atoms with Crippen LogP contribution in [0.2, 0.25) is 0 Å². The summed E-state index contributed by atoms with van der Waals surface area (Å²) in [6.45, 7) is 7.99. The van der Waals surface area contributed by atoms with Gasteiger partial charge in [0.05, 0.1) is 6.61 Å². The number of methoxy groups -OCH3 is 1. The van der Waals surface area contributed by atoms with Crippen LogP contribution >= 0.6 is 0 Å². The first kappa shape index (κ1) is 20.2. The highest BCUT2D eigenvalue weighted by Gasteiger charge is 2.40. The monoisotopic (exact) mass is 343 g/mol. The van der Waals surface area contributed by atoms with Crippen molar-refractivity contribution in [2.24, 2.45) is 5.41 Å². The van der Waals surface area contributed by atoms with Gasteiger partial charge in [0.25, 0.3) is 0 Å². The van der Waals surface area contributed by atoms with E-state index in [-0.39, 0.29) is 17.9 Å². The van der Waals surface area contributed by atoms with Gasteiger partial charge in [0, 0.05) is 46.4 Å². The van der Waals surface area contributed by atoms with Gasteiger partial charge in [0.1, 0.15) is 5.41 Å². The molecule has 1 saturated heterocycles. The van der Waals surface area contributed by atoms with Crippen LogP contribution in [0.15, 0.2) is 0 Å². The maximum atomic E-state index is 12.7. The summed E-state index contributed by atoms with van der Waals surface area (Å²) < 4.78 is 9.89. The molecule has 1 heterocycles. The zero-order valence-corrected chi connectivity index (χ0v) is 15.1. The van der Waals surface area contributed by atoms with Crippen LogP contribution in [0.4, 0.5) is 4.79 Å². The molecular weight excluding hydrogens is 314 g/mol. The lowest BCUT2D eigenvalue weighted by atomic mass is 9.90. The number of ether oxygens (including phenoxy) is 2. The fourth-order valence-electron chi connectivity index (χ4n) is 2.44. The van der Waals surface area contributed by atoms with E-state index >= 15 is 0 Å². The summed E-state index contributed by atoms with van der Waals surface area (Å²) in [6.07, 6.45) is 0.338. The lowest BCUT2D eigenvalue weighted by Crippen LogP contribution is -2.56. The van der Waals surface area contributed by atoms with Crippen molar-refractivity contribution in [1.29, 1.82) is 0 Å². The number of piperazine rings is 1. The fourth-order valence-corrected chi connectivity index (χ4v) is 2.44. The average Bonchev–Trinajstić information content (AvgIpc) is 2.58. The van der Waals surface area contributed by atoms with Crippen LogP contribution < -0.4 is 5.32 Å². The van der Waals surface area contributed by atoms with Gasteiger partial charge in [-0.15, -0.1) is 0 Å². The Morgan fingerprint density at radius 2 is 1.67 bits per heavy atom. The van der Waals surface area contributed by atoms with E-state index in [1.165, 1.54) is 0 Å². The molecule has 0 atom stereocenters. The van der Waals surface area contributed by atoms with Gasteiger partial charge in [-0.05, 0) is 27.2 Å². The van der Waals surface area contributed by atoms with E-state index in [0.29, 0.717) is 52.4 Å². The second-order valence-electron chi connectivity index (χ2n) is 6.21. The SMILES string of the molecule is CCOC(=O)N1CCN(C(=O)C(C)(C)C(=O)NCCCOC)CC1. The highest BCUT2D eigenvalue weighted by Crippen LogP contribution is 2.20. The highest BCUT2D eigenvalue weighted by atomic mass is 16.6. The zero-order chi connectivity index (χ0) is 18.2. The Bertz CT molecular complexity index is 445. The summed E-state index contributed by atoms with van der Waals surface area (Å²) in [5, 5.41) is 2.77. The second-order valence-corrected chi connectivity index (χ2v) is 6.21. The molecule has 1 fully saturated rings. The van der Waals surface area contributed by atoms with E-state index in [9.17, 15) is 14.4 Å². The largest absolute Gasteiger partial charge is 0.450 e. The lowest BCUT2D eigenvalue weighted by Gasteiger charge is -2.37. The highest BCUT2D eigenvalue weighted by molar-refractivity contribution is 6.04. The number of nitrogens with one attached hydrogen (secondary N) is 1. The molecule has 24 heavy (non-hydrogen) atoms. The van der Waals surface area contributed by atoms with Gasteiger partial charge in [-0.2, -0.15) is 0 Å². The minimum absolute atomic E-state index is 0.227. The molecule has 1 aliphatic heterocycles. The number of carbonyl (C=O) groups excluding carboxylic acids is 3. The molecule has 0 saturated carbocycles. The third-order valence-corrected chi connectivity index (χ3v) is 4.01. The summed E-state index contributed by atoms with van der Waals surface area (Å²) >= 11 is 0. The number of carbonyl (C=O) groups is 3. The summed E-state index contributed by atoms with van der Waals surface area (Å²) in [6, 6.07) is 0. The number of hydrogen-bond donors (Lipinski definition) is 1. The molecule has 0 aliphatic carbocycles. The van der Waals surface area contributed by atoms with Gasteiger partial charge < -0.3 is 24.6 Å². The van der Waals surface area contributed by atoms with Gasteiger partial charge in [-0.3, -0.25) is 9.59 Å². The molecule has 138 valence electrons. The Balaban J connectivity index is 2.50. The number of rotatable bonds is 7. The first-order valence-electron chi connectivity index (χ1n) is 8.32. The number of amides is 3. The third kappa shape index (κ3) is 5.36. The van der Waals surface area contributed by atoms with Gasteiger partial charge in [-0.25, -0.2) is 4.79 Å². The smallest absolute Gasteiger partial charge is 0.409 e. The molecule has 0 radical (unpaired) electrons. The van der Waals surface area contributed by atoms with E-state index in [1.54, 1.807) is 37.7 Å². The quantitative estimate of drug-likeness (QED) is 0.536. The van der Waals surface area contributed by atoms with Gasteiger partial charge in [0.15, 0.2) is 0 Å². The summed E-state index contributed by atoms with van der Waals surface area (Å²) in [5.41, 5.74) is -1.14. The van der Waals surface area contributed by atoms with Crippen LogP contribution in [0.3, 0.4) is 0 Å². The number of nitrogens with zero attached hydrogens (tertiary/aromatic N) is 2. The topological polar surface area (TPSA) is 88.2 Å². The van der Waals surface area contributed by atoms with Crippen molar-refractivity contribution >= 4 is 17.9 Å². The molecule has 3 amide bonds. The van der Waals surface area contributed by atoms with Crippen molar-refractivity contribution in [2.75, 3.05) is 53.0 Å². The molecular formula is C16H29N3O5. The van der Waals surface area contributed by atoms with Crippen LogP contribution in [0.25, 0.3) is 0 Å². The molecule has 1 N–H and O–H groups in total. The molecule has 1 aliphatic rings. The van der Waals surface area contributed by atoms with E-state index in [2.05, 4.69) is 5.32 Å². The van der Waals surface area contributed by atoms with Crippen LogP contribution in [0.5, 0.6) is 0 Å². The minimum atomic E-state index is -1.14. The van der Waals surface area contributed by atoms with Crippen LogP contribution in [0, 0.1) is 5.41 Å². The van der Waals surface area contributed by atoms with Gasteiger partial charge in [-0.1, -0.05) is 0 Å². The van der Waals surface area contributed by atoms with Crippen LogP contribution in [0.1, 0.15) is 27.2 Å². The second kappa shape index (κ2) is 9.46. The van der Waals surface area contributed by atoms with Crippen molar-refractivity contribution in [2.45, 2.75) is 27.2 Å². The van der Waals surface area contributed by atoms with Crippen LogP contribution in [-0.2, 0) is 19.1 Å². The zero-order valence-electron chi connectivity index (χ0n) is 15.1. The maximum Gasteiger partial charge on any atom is 0.409 e. The molecule has 0 aromatic heterocycles. The standard InChI is InChI=1S/C16H29N3O5/c1-5-24-15(22)19-10-8-18(9-11-19)14(21)16(2,3)13(20)17-7-6-12-23-4/h5-12H2,1-4H3,(H,17,20). The summed E-state index contributed by atoms with van der Waals surface area (Å²) in [4.78, 5) is 39.8. The van der Waals surface area contributed by atoms with Crippen molar-refractivity contribution in [3.05, 3.63) is 0 Å². The van der Waals surface area contributed by atoms with Crippen LogP contribution in [-0.4, -0.2) is 80.8 Å². The first-order chi connectivity index (χ1) is 11.3. The predicted octanol–water partition coefficient (Wildman–Crippen LogP) is 0.466. The van der Waals surface area contributed by atoms with E-state index in [0.717, 1.165) is 0 Å². The Kier molecular flexibility index (Phi) is 7.97. The average molecular weight is 343 g/mol. The normalized spacial score (nSPS) is 15.2. The Morgan fingerprint density at radius 1 is 1.08 bits per heavy atom. The van der Waals surface area contributed by atoms with Crippen molar-refractivity contribution < 1.29 is 23.9 Å². The van der Waals surface area contributed by atoms with Gasteiger partial charge >= 0.3 is 6.09 Å². The first-order valence-corrected chi connectivity index (χ1v) is 8.32. The van der Waals surface area contributed by atoms with E-state index in [1.807, 2.05) is 0 Å². The Morgan fingerprint density at radius 3 is 2.21 bits per heavy atom. The maximum absolute atomic E-state index is 12.7. The third-order valence-electron chi connectivity index (χ3n) is 4.01. The van der Waals surface area contributed by atoms with Crippen molar-refractivity contribution in [1.82, 2.24) is 15.1 Å². The lowest BCUT2D eigenvalue weighted by molar-refractivity contribution is -0.149. The fraction of sp³-hybridized carbons (Fsp3) is 0.812. The molecule has 0 unspecified atom stereocenters. The Hall–Kier alpha value is -1.83. The molecule has 1 rings (SSSR count). The van der Waals surface area contributed by atoms with Crippen molar-refractivity contribution in [3.8, 4) is 0 Å². The minimum Gasteiger partial charge on any atom is -0.450 e. The predicted molar refractivity (Wildman–Crippen MR) is 88.5 cm³/mol. The molecule has 8 heteroatoms. The summed E-state index contributed by atoms with van der Waals surface area (Å²) in [5.74, 6) is -0.522. The molecule has 0 bridgehead atoms. The van der Waals surface area contributed by atoms with E-state index < -0.39 is 5.41 Å². The molecule has 0 spiro atoms. The molecule has 0 aromatic carbocycles. The van der Waals surface area contributed by atoms with Crippen molar-refractivity contribution in [3.63, 3.8) is 0 Å². The molecule has 8 nitrogen and oxygen atoms in total. The number of hydrogen-bond acceptors (Lipinski definition) is 5.